The van der Waals surface area contributed by atoms with Gasteiger partial charge in [0.1, 0.15) is 5.75 Å². The molecule has 21 heavy (non-hydrogen) atoms. The lowest BCUT2D eigenvalue weighted by atomic mass is 9.90. The van der Waals surface area contributed by atoms with Gasteiger partial charge in [-0.15, -0.1) is 0 Å². The van der Waals surface area contributed by atoms with Gasteiger partial charge in [0.15, 0.2) is 0 Å². The third-order valence-corrected chi connectivity index (χ3v) is 5.00. The summed E-state index contributed by atoms with van der Waals surface area (Å²) in [6.45, 7) is 4.47. The molecule has 0 aromatic heterocycles. The molecule has 1 heterocycles. The predicted octanol–water partition coefficient (Wildman–Crippen LogP) is 2.09. The fourth-order valence-corrected chi connectivity index (χ4v) is 3.69. The first kappa shape index (κ1) is 14.7. The normalized spacial score (nSPS) is 27.6. The molecule has 3 rings (SSSR count). The third-order valence-electron chi connectivity index (χ3n) is 5.00. The fraction of sp³-hybridized carbons (Fsp3) is 0.647. The van der Waals surface area contributed by atoms with E-state index < -0.39 is 0 Å². The number of methoxy groups -OCH3 is 1. The Morgan fingerprint density at radius 3 is 2.33 bits per heavy atom. The van der Waals surface area contributed by atoms with Crippen molar-refractivity contribution in [1.82, 2.24) is 4.90 Å². The zero-order valence-corrected chi connectivity index (χ0v) is 13.0. The van der Waals surface area contributed by atoms with Gasteiger partial charge in [0, 0.05) is 38.3 Å². The summed E-state index contributed by atoms with van der Waals surface area (Å²) >= 11 is 0. The van der Waals surface area contributed by atoms with Gasteiger partial charge in [-0.2, -0.15) is 0 Å². The number of hydrogen-bond acceptors (Lipinski definition) is 4. The second kappa shape index (κ2) is 6.67. The average molecular weight is 289 g/mol. The van der Waals surface area contributed by atoms with E-state index in [0.717, 1.165) is 38.0 Å². The minimum absolute atomic E-state index is 0.441. The molecule has 2 fully saturated rings. The topological polar surface area (TPSA) is 41.7 Å². The second-order valence-electron chi connectivity index (χ2n) is 6.26. The summed E-state index contributed by atoms with van der Waals surface area (Å²) in [5.74, 6) is 0.981. The van der Waals surface area contributed by atoms with E-state index in [1.54, 1.807) is 7.11 Å². The van der Waals surface area contributed by atoms with Crippen LogP contribution < -0.4 is 15.4 Å². The van der Waals surface area contributed by atoms with Crippen molar-refractivity contribution >= 4 is 5.69 Å². The van der Waals surface area contributed by atoms with Gasteiger partial charge in [0.05, 0.1) is 12.8 Å². The highest BCUT2D eigenvalue weighted by molar-refractivity contribution is 5.58. The highest BCUT2D eigenvalue weighted by Gasteiger charge is 2.27. The minimum Gasteiger partial charge on any atom is -0.495 e. The van der Waals surface area contributed by atoms with Crippen molar-refractivity contribution in [3.05, 3.63) is 24.3 Å². The maximum Gasteiger partial charge on any atom is 0.142 e. The van der Waals surface area contributed by atoms with Crippen LogP contribution in [0, 0.1) is 0 Å². The molecule has 0 bridgehead atoms. The monoisotopic (exact) mass is 289 g/mol. The highest BCUT2D eigenvalue weighted by Crippen LogP contribution is 2.29. The van der Waals surface area contributed by atoms with E-state index >= 15 is 0 Å². The smallest absolute Gasteiger partial charge is 0.142 e. The SMILES string of the molecule is COc1ccccc1N1CCN(C2CCC(N)CC2)CC1. The molecule has 116 valence electrons. The molecule has 4 nitrogen and oxygen atoms in total. The Morgan fingerprint density at radius 1 is 1.00 bits per heavy atom. The Labute approximate surface area is 127 Å². The molecule has 0 unspecified atom stereocenters. The van der Waals surface area contributed by atoms with Crippen LogP contribution in [0.15, 0.2) is 24.3 Å². The summed E-state index contributed by atoms with van der Waals surface area (Å²) in [7, 11) is 1.75. The van der Waals surface area contributed by atoms with Crippen LogP contribution in [-0.2, 0) is 0 Å². The lowest BCUT2D eigenvalue weighted by Gasteiger charge is -2.42. The maximum atomic E-state index is 6.02. The van der Waals surface area contributed by atoms with Gasteiger partial charge in [0.2, 0.25) is 0 Å². The van der Waals surface area contributed by atoms with E-state index in [0.29, 0.717) is 6.04 Å². The van der Waals surface area contributed by atoms with Crippen molar-refractivity contribution in [2.45, 2.75) is 37.8 Å². The summed E-state index contributed by atoms with van der Waals surface area (Å²) in [4.78, 5) is 5.11. The van der Waals surface area contributed by atoms with Gasteiger partial charge >= 0.3 is 0 Å². The minimum atomic E-state index is 0.441. The third kappa shape index (κ3) is 3.33. The van der Waals surface area contributed by atoms with Gasteiger partial charge in [0.25, 0.3) is 0 Å². The molecule has 1 aliphatic heterocycles. The first-order valence-electron chi connectivity index (χ1n) is 8.15. The van der Waals surface area contributed by atoms with Crippen molar-refractivity contribution < 1.29 is 4.74 Å². The molecule has 0 atom stereocenters. The molecular weight excluding hydrogens is 262 g/mol. The Hall–Kier alpha value is -1.26. The Kier molecular flexibility index (Phi) is 4.66. The van der Waals surface area contributed by atoms with Gasteiger partial charge in [-0.05, 0) is 37.8 Å². The quantitative estimate of drug-likeness (QED) is 0.925. The number of para-hydroxylation sites is 2. The molecule has 1 aliphatic carbocycles. The molecule has 4 heteroatoms. The lowest BCUT2D eigenvalue weighted by molar-refractivity contribution is 0.142. The molecule has 2 N–H and O–H groups in total. The number of anilines is 1. The number of nitrogens with two attached hydrogens (primary N) is 1. The van der Waals surface area contributed by atoms with Crippen LogP contribution in [0.25, 0.3) is 0 Å². The number of hydrogen-bond donors (Lipinski definition) is 1. The first-order chi connectivity index (χ1) is 10.3. The number of rotatable bonds is 3. The Morgan fingerprint density at radius 2 is 1.67 bits per heavy atom. The summed E-state index contributed by atoms with van der Waals surface area (Å²) in [5.41, 5.74) is 7.24. The molecule has 2 aliphatic rings. The van der Waals surface area contributed by atoms with E-state index in [1.807, 2.05) is 12.1 Å². The van der Waals surface area contributed by atoms with Crippen LogP contribution >= 0.6 is 0 Å². The van der Waals surface area contributed by atoms with E-state index in [-0.39, 0.29) is 0 Å². The van der Waals surface area contributed by atoms with Gasteiger partial charge in [-0.25, -0.2) is 0 Å². The van der Waals surface area contributed by atoms with Gasteiger partial charge < -0.3 is 15.4 Å². The largest absolute Gasteiger partial charge is 0.495 e. The molecule has 0 amide bonds. The Balaban J connectivity index is 1.57. The average Bonchev–Trinajstić information content (AvgIpc) is 2.56. The molecular formula is C17H27N3O. The van der Waals surface area contributed by atoms with Gasteiger partial charge in [-0.3, -0.25) is 4.90 Å². The van der Waals surface area contributed by atoms with Crippen LogP contribution in [0.1, 0.15) is 25.7 Å². The zero-order chi connectivity index (χ0) is 14.7. The standard InChI is InChI=1S/C17H27N3O/c1-21-17-5-3-2-4-16(17)20-12-10-19(11-13-20)15-8-6-14(18)7-9-15/h2-5,14-15H,6-13,18H2,1H3. The van der Waals surface area contributed by atoms with E-state index in [9.17, 15) is 0 Å². The van der Waals surface area contributed by atoms with Crippen molar-refractivity contribution in [1.29, 1.82) is 0 Å². The summed E-state index contributed by atoms with van der Waals surface area (Å²) < 4.78 is 5.48. The highest BCUT2D eigenvalue weighted by atomic mass is 16.5. The van der Waals surface area contributed by atoms with Crippen LogP contribution in [0.5, 0.6) is 5.75 Å². The molecule has 1 aromatic rings. The summed E-state index contributed by atoms with van der Waals surface area (Å²) in [6, 6.07) is 9.52. The zero-order valence-electron chi connectivity index (χ0n) is 13.0. The first-order valence-corrected chi connectivity index (χ1v) is 8.15. The fourth-order valence-electron chi connectivity index (χ4n) is 3.69. The number of benzene rings is 1. The van der Waals surface area contributed by atoms with Crippen molar-refractivity contribution in [3.63, 3.8) is 0 Å². The summed E-state index contributed by atoms with van der Waals surface area (Å²) in [6.07, 6.45) is 4.93. The van der Waals surface area contributed by atoms with Gasteiger partial charge in [-0.1, -0.05) is 12.1 Å². The number of piperazine rings is 1. The molecule has 1 saturated carbocycles. The van der Waals surface area contributed by atoms with Crippen molar-refractivity contribution in [2.24, 2.45) is 5.73 Å². The lowest BCUT2D eigenvalue weighted by Crippen LogP contribution is -2.51. The van der Waals surface area contributed by atoms with Crippen molar-refractivity contribution in [3.8, 4) is 5.75 Å². The van der Waals surface area contributed by atoms with E-state index in [2.05, 4.69) is 21.9 Å². The summed E-state index contributed by atoms with van der Waals surface area (Å²) in [5, 5.41) is 0. The predicted molar refractivity (Wildman–Crippen MR) is 87.0 cm³/mol. The van der Waals surface area contributed by atoms with Crippen LogP contribution in [0.4, 0.5) is 5.69 Å². The number of ether oxygens (including phenoxy) is 1. The second-order valence-corrected chi connectivity index (χ2v) is 6.26. The van der Waals surface area contributed by atoms with E-state index in [1.165, 1.54) is 31.4 Å². The molecule has 0 radical (unpaired) electrons. The van der Waals surface area contributed by atoms with Crippen LogP contribution in [-0.4, -0.2) is 50.3 Å². The van der Waals surface area contributed by atoms with E-state index in [4.69, 9.17) is 10.5 Å². The van der Waals surface area contributed by atoms with Crippen LogP contribution in [0.2, 0.25) is 0 Å². The molecule has 1 saturated heterocycles. The molecule has 1 aromatic carbocycles. The Bertz CT molecular complexity index is 449. The van der Waals surface area contributed by atoms with Crippen molar-refractivity contribution in [2.75, 3.05) is 38.2 Å². The number of nitrogens with zero attached hydrogens (tertiary/aromatic N) is 2. The maximum absolute atomic E-state index is 6.02. The molecule has 0 spiro atoms. The van der Waals surface area contributed by atoms with Crippen LogP contribution in [0.3, 0.4) is 0 Å².